The molecule has 6 heteroatoms. The van der Waals surface area contributed by atoms with E-state index in [9.17, 15) is 5.26 Å². The molecule has 0 fully saturated rings. The molecule has 0 aliphatic carbocycles. The third kappa shape index (κ3) is 2.84. The molecule has 8 bridgehead atoms. The summed E-state index contributed by atoms with van der Waals surface area (Å²) in [6, 6.07) is 21.3. The summed E-state index contributed by atoms with van der Waals surface area (Å²) in [4.78, 5) is 18.6. The zero-order valence-corrected chi connectivity index (χ0v) is 18.2. The lowest BCUT2D eigenvalue weighted by molar-refractivity contribution is 1.14. The first-order valence-corrected chi connectivity index (χ1v) is 11.1. The van der Waals surface area contributed by atoms with Crippen LogP contribution in [0.1, 0.15) is 11.3 Å². The average molecular weight is 446 g/mol. The number of nitrogens with one attached hydrogen (secondary N) is 1. The summed E-state index contributed by atoms with van der Waals surface area (Å²) in [7, 11) is 0. The van der Waals surface area contributed by atoms with E-state index in [1.807, 2.05) is 78.9 Å². The highest BCUT2D eigenvalue weighted by atomic mass is 14.9. The summed E-state index contributed by atoms with van der Waals surface area (Å²) >= 11 is 0. The molecule has 160 valence electrons. The lowest BCUT2D eigenvalue weighted by Crippen LogP contribution is -2.32. The molecule has 0 saturated carbocycles. The highest BCUT2D eigenvalue weighted by Gasteiger charge is 2.23. The third-order valence-electron chi connectivity index (χ3n) is 6.37. The average Bonchev–Trinajstić information content (AvgIpc) is 3.30. The van der Waals surface area contributed by atoms with Crippen molar-refractivity contribution in [1.29, 1.82) is 5.26 Å². The Bertz CT molecular complexity index is 1900. The van der Waals surface area contributed by atoms with Gasteiger partial charge in [-0.2, -0.15) is 5.26 Å². The van der Waals surface area contributed by atoms with Crippen LogP contribution in [0, 0.1) is 17.9 Å². The Labute approximate surface area is 200 Å². The number of hydrogen-bond acceptors (Lipinski definition) is 5. The summed E-state index contributed by atoms with van der Waals surface area (Å²) in [5.41, 5.74) is 8.91. The molecule has 0 atom stereocenters. The Morgan fingerprint density at radius 1 is 0.857 bits per heavy atom. The minimum Gasteiger partial charge on any atom is -0.353 e. The first-order valence-electron chi connectivity index (χ1n) is 11.1. The smallest absolute Gasteiger partial charge is 0.188 e. The lowest BCUT2D eigenvalue weighted by Gasteiger charge is -2.16. The number of benzene rings is 2. The van der Waals surface area contributed by atoms with Crippen LogP contribution in [0.4, 0.5) is 11.4 Å². The van der Waals surface area contributed by atoms with Crippen molar-refractivity contribution in [3.8, 4) is 39.8 Å². The minimum absolute atomic E-state index is 0.496. The molecule has 0 amide bonds. The highest BCUT2D eigenvalue weighted by Crippen LogP contribution is 2.43. The minimum atomic E-state index is 0.496. The molecule has 2 aromatic carbocycles. The van der Waals surface area contributed by atoms with E-state index in [-0.39, 0.29) is 0 Å². The van der Waals surface area contributed by atoms with Crippen LogP contribution in [0.5, 0.6) is 0 Å². The molecule has 2 aromatic heterocycles. The SMILES string of the molecule is [C-]#[N+]c1cc2c3c(c1)-c1cc(C#N)cc(c1=N3)=C1C=CC=C(N1)c1cccc(n1)-c1cccc-2n1. The van der Waals surface area contributed by atoms with Gasteiger partial charge in [0.2, 0.25) is 0 Å². The number of pyridine rings is 2. The summed E-state index contributed by atoms with van der Waals surface area (Å²) in [5.74, 6) is 0. The Kier molecular flexibility index (Phi) is 3.88. The van der Waals surface area contributed by atoms with Gasteiger partial charge in [-0.15, -0.1) is 0 Å². The van der Waals surface area contributed by atoms with Gasteiger partial charge in [-0.3, -0.25) is 0 Å². The number of allylic oxidation sites excluding steroid dienone is 2. The third-order valence-corrected chi connectivity index (χ3v) is 6.37. The first kappa shape index (κ1) is 19.2. The van der Waals surface area contributed by atoms with Crippen LogP contribution < -0.4 is 15.9 Å². The Morgan fingerprint density at radius 2 is 1.60 bits per heavy atom. The number of nitriles is 1. The number of aromatic nitrogens is 2. The molecule has 3 aliphatic heterocycles. The van der Waals surface area contributed by atoms with Crippen molar-refractivity contribution in [1.82, 2.24) is 15.3 Å². The van der Waals surface area contributed by atoms with Gasteiger partial charge in [-0.25, -0.2) is 19.8 Å². The molecule has 6 nitrogen and oxygen atoms in total. The number of rotatable bonds is 0. The normalized spacial score (nSPS) is 13.5. The summed E-state index contributed by atoms with van der Waals surface area (Å²) < 4.78 is 0. The lowest BCUT2D eigenvalue weighted by atomic mass is 9.97. The van der Waals surface area contributed by atoms with Gasteiger partial charge in [0.05, 0.1) is 57.7 Å². The number of nitrogens with zero attached hydrogens (tertiary/aromatic N) is 5. The van der Waals surface area contributed by atoms with Crippen molar-refractivity contribution >= 4 is 22.8 Å². The van der Waals surface area contributed by atoms with E-state index in [0.29, 0.717) is 11.3 Å². The molecule has 0 radical (unpaired) electrons. The Morgan fingerprint density at radius 3 is 2.40 bits per heavy atom. The monoisotopic (exact) mass is 446 g/mol. The molecular weight excluding hydrogens is 432 g/mol. The molecule has 0 spiro atoms. The first-order chi connectivity index (χ1) is 17.2. The fourth-order valence-electron chi connectivity index (χ4n) is 4.78. The van der Waals surface area contributed by atoms with Gasteiger partial charge in [0.15, 0.2) is 5.69 Å². The molecule has 1 N–H and O–H groups in total. The molecular formula is C29H14N6. The molecule has 5 heterocycles. The van der Waals surface area contributed by atoms with Crippen molar-refractivity contribution < 1.29 is 0 Å². The van der Waals surface area contributed by atoms with Gasteiger partial charge in [-0.1, -0.05) is 18.2 Å². The number of dihydropyridines is 1. The predicted octanol–water partition coefficient (Wildman–Crippen LogP) is 4.79. The van der Waals surface area contributed by atoms with Crippen molar-refractivity contribution in [3.63, 3.8) is 0 Å². The predicted molar refractivity (Wildman–Crippen MR) is 133 cm³/mol. The largest absolute Gasteiger partial charge is 0.353 e. The van der Waals surface area contributed by atoms with E-state index in [1.54, 1.807) is 0 Å². The zero-order valence-electron chi connectivity index (χ0n) is 18.2. The van der Waals surface area contributed by atoms with Crippen LogP contribution >= 0.6 is 0 Å². The van der Waals surface area contributed by atoms with Crippen LogP contribution in [0.25, 0.3) is 50.0 Å². The fourth-order valence-corrected chi connectivity index (χ4v) is 4.78. The topological polar surface area (TPSA) is 78.3 Å². The Hall–Kier alpha value is -5.33. The van der Waals surface area contributed by atoms with Crippen molar-refractivity contribution in [2.45, 2.75) is 0 Å². The van der Waals surface area contributed by atoms with Crippen LogP contribution in [-0.4, -0.2) is 9.97 Å². The van der Waals surface area contributed by atoms with Crippen LogP contribution in [0.2, 0.25) is 0 Å². The Balaban J connectivity index is 1.68. The second kappa shape index (κ2) is 7.08. The number of hydrogen-bond donors (Lipinski definition) is 1. The van der Waals surface area contributed by atoms with Gasteiger partial charge in [-0.05, 0) is 66.2 Å². The van der Waals surface area contributed by atoms with Crippen LogP contribution in [0.15, 0.2) is 83.9 Å². The van der Waals surface area contributed by atoms with Gasteiger partial charge >= 0.3 is 0 Å². The van der Waals surface area contributed by atoms with Crippen molar-refractivity contribution in [2.24, 2.45) is 4.99 Å². The second-order valence-electron chi connectivity index (χ2n) is 8.44. The molecule has 0 saturated heterocycles. The quantitative estimate of drug-likeness (QED) is 0.347. The van der Waals surface area contributed by atoms with Gasteiger partial charge in [0.25, 0.3) is 0 Å². The zero-order chi connectivity index (χ0) is 23.5. The van der Waals surface area contributed by atoms with Crippen molar-refractivity contribution in [2.75, 3.05) is 0 Å². The van der Waals surface area contributed by atoms with Crippen LogP contribution in [-0.2, 0) is 0 Å². The maximum absolute atomic E-state index is 9.80. The van der Waals surface area contributed by atoms with E-state index in [4.69, 9.17) is 21.5 Å². The maximum atomic E-state index is 9.80. The highest BCUT2D eigenvalue weighted by molar-refractivity contribution is 5.94. The summed E-state index contributed by atoms with van der Waals surface area (Å²) in [6.45, 7) is 7.69. The molecule has 35 heavy (non-hydrogen) atoms. The summed E-state index contributed by atoms with van der Waals surface area (Å²) in [5, 5.41) is 14.9. The van der Waals surface area contributed by atoms with E-state index in [2.05, 4.69) is 16.2 Å². The van der Waals surface area contributed by atoms with Gasteiger partial charge < -0.3 is 5.32 Å². The second-order valence-corrected chi connectivity index (χ2v) is 8.44. The summed E-state index contributed by atoms with van der Waals surface area (Å²) in [6.07, 6.45) is 5.92. The van der Waals surface area contributed by atoms with E-state index >= 15 is 0 Å². The van der Waals surface area contributed by atoms with Crippen LogP contribution in [0.3, 0.4) is 0 Å². The fraction of sp³-hybridized carbons (Fsp3) is 0. The number of fused-ring (bicyclic) bond motifs is 10. The molecule has 3 aliphatic rings. The standard InChI is InChI=1S/C29H14N6/c1-31-17-13-19-18-11-16(15-30)12-20-22-5-2-7-24(32-22)26-9-4-10-27(34-26)25-8-3-6-23(33-25)21(14-17)29(19)35-28(18)20/h2-14,32H. The molecule has 4 aromatic rings. The van der Waals surface area contributed by atoms with Gasteiger partial charge in [0, 0.05) is 22.0 Å². The van der Waals surface area contributed by atoms with E-state index < -0.39 is 0 Å². The van der Waals surface area contributed by atoms with Gasteiger partial charge in [0.1, 0.15) is 0 Å². The molecule has 0 unspecified atom stereocenters. The maximum Gasteiger partial charge on any atom is 0.188 e. The van der Waals surface area contributed by atoms with E-state index in [1.165, 1.54) is 0 Å². The molecule has 7 rings (SSSR count). The van der Waals surface area contributed by atoms with Crippen molar-refractivity contribution in [3.05, 3.63) is 112 Å². The van der Waals surface area contributed by atoms with E-state index in [0.717, 1.165) is 67.1 Å².